The number of hydrogen-bond acceptors (Lipinski definition) is 3. The van der Waals surface area contributed by atoms with Gasteiger partial charge in [-0.05, 0) is 31.4 Å². The number of amides is 2. The number of carbonyl (C=O) groups is 2. The van der Waals surface area contributed by atoms with Crippen LogP contribution in [0.2, 0.25) is 5.02 Å². The summed E-state index contributed by atoms with van der Waals surface area (Å²) in [4.78, 5) is 27.6. The highest BCUT2D eigenvalue weighted by atomic mass is 35.5. The summed E-state index contributed by atoms with van der Waals surface area (Å²) in [5.41, 5.74) is 1.52. The van der Waals surface area contributed by atoms with Crippen LogP contribution in [0.4, 0.5) is 5.69 Å². The van der Waals surface area contributed by atoms with Gasteiger partial charge >= 0.3 is 0 Å². The van der Waals surface area contributed by atoms with Gasteiger partial charge < -0.3 is 19.9 Å². The molecule has 25 heavy (non-hydrogen) atoms. The first-order valence-electron chi connectivity index (χ1n) is 8.74. The van der Waals surface area contributed by atoms with E-state index in [4.69, 9.17) is 16.3 Å². The number of quaternary nitrogens is 1. The minimum atomic E-state index is -0.0583. The number of benzene rings is 1. The van der Waals surface area contributed by atoms with Gasteiger partial charge in [-0.25, -0.2) is 0 Å². The summed E-state index contributed by atoms with van der Waals surface area (Å²) in [6.45, 7) is 5.36. The van der Waals surface area contributed by atoms with Crippen molar-refractivity contribution in [2.45, 2.75) is 19.8 Å². The van der Waals surface area contributed by atoms with E-state index in [1.807, 2.05) is 17.9 Å². The van der Waals surface area contributed by atoms with Gasteiger partial charge in [0, 0.05) is 17.0 Å². The Morgan fingerprint density at radius 1 is 1.32 bits per heavy atom. The summed E-state index contributed by atoms with van der Waals surface area (Å²) in [6, 6.07) is 3.53. The molecule has 136 valence electrons. The van der Waals surface area contributed by atoms with Crippen molar-refractivity contribution in [1.29, 1.82) is 0 Å². The number of aryl methyl sites for hydroxylation is 1. The number of methoxy groups -OCH3 is 1. The number of anilines is 1. The van der Waals surface area contributed by atoms with Gasteiger partial charge in [-0.2, -0.15) is 0 Å². The van der Waals surface area contributed by atoms with E-state index in [0.717, 1.165) is 44.6 Å². The van der Waals surface area contributed by atoms with E-state index in [9.17, 15) is 9.59 Å². The molecular weight excluding hydrogens is 342 g/mol. The lowest BCUT2D eigenvalue weighted by Crippen LogP contribution is -3.15. The number of nitrogens with one attached hydrogen (secondary N) is 2. The molecular formula is C18H25ClN3O3+. The number of halogens is 1. The quantitative estimate of drug-likeness (QED) is 0.807. The molecule has 0 unspecified atom stereocenters. The Labute approximate surface area is 153 Å². The Balaban J connectivity index is 1.52. The molecule has 1 saturated heterocycles. The molecule has 2 fully saturated rings. The molecule has 0 radical (unpaired) electrons. The van der Waals surface area contributed by atoms with Crippen molar-refractivity contribution in [2.75, 3.05) is 45.2 Å². The third kappa shape index (κ3) is 4.44. The number of hydrogen-bond donors (Lipinski definition) is 2. The second-order valence-corrected chi connectivity index (χ2v) is 7.28. The molecule has 2 N–H and O–H groups in total. The maximum absolute atomic E-state index is 12.4. The zero-order valence-electron chi connectivity index (χ0n) is 14.7. The van der Waals surface area contributed by atoms with Crippen LogP contribution in [0.1, 0.15) is 18.4 Å². The Bertz CT molecular complexity index is 668. The number of carbonyl (C=O) groups excluding carboxylic acids is 2. The summed E-state index contributed by atoms with van der Waals surface area (Å²) in [5, 5.41) is 3.52. The molecule has 0 atom stereocenters. The molecule has 1 aliphatic heterocycles. The second kappa shape index (κ2) is 7.62. The lowest BCUT2D eigenvalue weighted by Gasteiger charge is -2.32. The Morgan fingerprint density at radius 2 is 2.00 bits per heavy atom. The summed E-state index contributed by atoms with van der Waals surface area (Å²) in [6.07, 6.45) is 2.08. The maximum Gasteiger partial charge on any atom is 0.279 e. The molecule has 3 rings (SSSR count). The van der Waals surface area contributed by atoms with Gasteiger partial charge in [0.2, 0.25) is 5.91 Å². The molecule has 7 heteroatoms. The highest BCUT2D eigenvalue weighted by Crippen LogP contribution is 2.31. The first-order chi connectivity index (χ1) is 12.0. The summed E-state index contributed by atoms with van der Waals surface area (Å²) in [7, 11) is 1.55. The molecule has 6 nitrogen and oxygen atoms in total. The van der Waals surface area contributed by atoms with Crippen LogP contribution in [0.15, 0.2) is 12.1 Å². The van der Waals surface area contributed by atoms with Gasteiger partial charge in [-0.15, -0.1) is 0 Å². The Hall–Kier alpha value is -1.79. The number of ether oxygens (including phenoxy) is 1. The zero-order valence-corrected chi connectivity index (χ0v) is 15.5. The predicted molar refractivity (Wildman–Crippen MR) is 96.2 cm³/mol. The molecule has 1 saturated carbocycles. The maximum atomic E-state index is 12.4. The first kappa shape index (κ1) is 18.0. The number of nitrogens with zero attached hydrogens (tertiary/aromatic N) is 1. The van der Waals surface area contributed by atoms with E-state index in [2.05, 4.69) is 5.32 Å². The van der Waals surface area contributed by atoms with Crippen molar-refractivity contribution < 1.29 is 19.2 Å². The van der Waals surface area contributed by atoms with E-state index >= 15 is 0 Å². The van der Waals surface area contributed by atoms with Crippen LogP contribution in [-0.4, -0.2) is 56.5 Å². The highest BCUT2D eigenvalue weighted by molar-refractivity contribution is 6.31. The van der Waals surface area contributed by atoms with Crippen molar-refractivity contribution in [3.8, 4) is 5.75 Å². The van der Waals surface area contributed by atoms with E-state index in [-0.39, 0.29) is 11.8 Å². The number of piperazine rings is 1. The standard InChI is InChI=1S/C18H24ClN3O3/c1-12-9-15(16(25-2)10-14(12)19)20-17(23)11-21-5-7-22(8-6-21)18(24)13-3-4-13/h9-10,13H,3-8,11H2,1-2H3,(H,20,23)/p+1. The molecule has 2 amide bonds. The van der Waals surface area contributed by atoms with E-state index in [0.29, 0.717) is 28.9 Å². The van der Waals surface area contributed by atoms with Gasteiger partial charge in [0.1, 0.15) is 5.75 Å². The van der Waals surface area contributed by atoms with Crippen LogP contribution in [0.25, 0.3) is 0 Å². The fraction of sp³-hybridized carbons (Fsp3) is 0.556. The smallest absolute Gasteiger partial charge is 0.279 e. The zero-order chi connectivity index (χ0) is 18.0. The van der Waals surface area contributed by atoms with Gasteiger partial charge in [0.25, 0.3) is 5.91 Å². The average Bonchev–Trinajstić information content (AvgIpc) is 3.43. The van der Waals surface area contributed by atoms with Gasteiger partial charge in [0.15, 0.2) is 6.54 Å². The van der Waals surface area contributed by atoms with Crippen LogP contribution < -0.4 is 15.0 Å². The van der Waals surface area contributed by atoms with Crippen LogP contribution >= 0.6 is 11.6 Å². The summed E-state index contributed by atoms with van der Waals surface area (Å²) >= 11 is 6.09. The van der Waals surface area contributed by atoms with Gasteiger partial charge in [0.05, 0.1) is 39.0 Å². The largest absolute Gasteiger partial charge is 0.495 e. The first-order valence-corrected chi connectivity index (χ1v) is 9.12. The molecule has 1 aromatic rings. The minimum absolute atomic E-state index is 0.0583. The average molecular weight is 367 g/mol. The fourth-order valence-corrected chi connectivity index (χ4v) is 3.31. The van der Waals surface area contributed by atoms with E-state index < -0.39 is 0 Å². The number of rotatable bonds is 5. The van der Waals surface area contributed by atoms with E-state index in [1.54, 1.807) is 13.2 Å². The normalized spacial score (nSPS) is 18.1. The highest BCUT2D eigenvalue weighted by Gasteiger charge is 2.35. The lowest BCUT2D eigenvalue weighted by molar-refractivity contribution is -0.895. The summed E-state index contributed by atoms with van der Waals surface area (Å²) < 4.78 is 5.29. The van der Waals surface area contributed by atoms with Crippen LogP contribution in [-0.2, 0) is 9.59 Å². The third-order valence-corrected chi connectivity index (χ3v) is 5.28. The molecule has 1 heterocycles. The van der Waals surface area contributed by atoms with Crippen molar-refractivity contribution in [3.05, 3.63) is 22.7 Å². The van der Waals surface area contributed by atoms with Crippen molar-refractivity contribution in [1.82, 2.24) is 4.90 Å². The van der Waals surface area contributed by atoms with Gasteiger partial charge in [-0.3, -0.25) is 9.59 Å². The van der Waals surface area contributed by atoms with Crippen LogP contribution in [0.5, 0.6) is 5.75 Å². The summed E-state index contributed by atoms with van der Waals surface area (Å²) in [5.74, 6) is 1.06. The molecule has 1 aromatic carbocycles. The van der Waals surface area contributed by atoms with Crippen LogP contribution in [0.3, 0.4) is 0 Å². The molecule has 2 aliphatic rings. The lowest BCUT2D eigenvalue weighted by atomic mass is 10.2. The Kier molecular flexibility index (Phi) is 5.49. The minimum Gasteiger partial charge on any atom is -0.495 e. The SMILES string of the molecule is COc1cc(Cl)c(C)cc1NC(=O)C[NH+]1CCN(C(=O)C2CC2)CC1. The topological polar surface area (TPSA) is 63.1 Å². The van der Waals surface area contributed by atoms with Crippen molar-refractivity contribution in [3.63, 3.8) is 0 Å². The molecule has 0 bridgehead atoms. The van der Waals surface area contributed by atoms with Gasteiger partial charge in [-0.1, -0.05) is 11.6 Å². The molecule has 0 spiro atoms. The molecule has 0 aromatic heterocycles. The van der Waals surface area contributed by atoms with Crippen LogP contribution in [0, 0.1) is 12.8 Å². The monoisotopic (exact) mass is 366 g/mol. The van der Waals surface area contributed by atoms with Crippen molar-refractivity contribution in [2.24, 2.45) is 5.92 Å². The van der Waals surface area contributed by atoms with Crippen molar-refractivity contribution >= 4 is 29.1 Å². The second-order valence-electron chi connectivity index (χ2n) is 6.88. The fourth-order valence-electron chi connectivity index (χ4n) is 3.16. The molecule has 1 aliphatic carbocycles. The third-order valence-electron chi connectivity index (χ3n) is 4.87. The van der Waals surface area contributed by atoms with E-state index in [1.165, 1.54) is 4.90 Å². The Morgan fingerprint density at radius 3 is 2.60 bits per heavy atom. The predicted octanol–water partition coefficient (Wildman–Crippen LogP) is 0.733.